The van der Waals surface area contributed by atoms with Gasteiger partial charge in [-0.25, -0.2) is 9.97 Å². The first-order valence-corrected chi connectivity index (χ1v) is 8.64. The lowest BCUT2D eigenvalue weighted by Gasteiger charge is -2.28. The van der Waals surface area contributed by atoms with Crippen molar-refractivity contribution >= 4 is 23.0 Å². The molecule has 2 aromatic rings. The standard InChI is InChI=1S/C18H26N4O2.CH4/c1-12(24-18(2,3)4)11-15(23)21-17-20-14-9-6-10-19-16(14)22(17)13-7-5-8-13;/h6,9-10,12-13H,5,7-8,11H2,1-4H3,(H,20,21,23);1H4/t12-;/m0./s1. The van der Waals surface area contributed by atoms with Gasteiger partial charge in [-0.3, -0.25) is 14.7 Å². The zero-order valence-electron chi connectivity index (χ0n) is 14.9. The number of anilines is 1. The Kier molecular flexibility index (Phi) is 5.83. The maximum atomic E-state index is 12.4. The van der Waals surface area contributed by atoms with Crippen LogP contribution in [-0.2, 0) is 9.53 Å². The molecule has 1 aliphatic rings. The van der Waals surface area contributed by atoms with Gasteiger partial charge in [-0.2, -0.15) is 0 Å². The SMILES string of the molecule is C.C[C@@H](CC(=O)Nc1nc2cccnc2n1C1CCC1)OC(C)(C)C. The molecule has 138 valence electrons. The highest BCUT2D eigenvalue weighted by atomic mass is 16.5. The first-order chi connectivity index (χ1) is 11.3. The average Bonchev–Trinajstić information content (AvgIpc) is 2.73. The second kappa shape index (κ2) is 7.52. The molecule has 1 N–H and O–H groups in total. The van der Waals surface area contributed by atoms with E-state index < -0.39 is 0 Å². The van der Waals surface area contributed by atoms with Crippen molar-refractivity contribution in [1.29, 1.82) is 0 Å². The fraction of sp³-hybridized carbons (Fsp3) is 0.632. The van der Waals surface area contributed by atoms with Crippen molar-refractivity contribution in [3.05, 3.63) is 18.3 Å². The largest absolute Gasteiger partial charge is 0.372 e. The molecule has 3 rings (SSSR count). The summed E-state index contributed by atoms with van der Waals surface area (Å²) in [5.41, 5.74) is 1.40. The fourth-order valence-corrected chi connectivity index (χ4v) is 3.09. The monoisotopic (exact) mass is 346 g/mol. The highest BCUT2D eigenvalue weighted by Gasteiger charge is 2.26. The van der Waals surface area contributed by atoms with Gasteiger partial charge in [0.1, 0.15) is 5.52 Å². The minimum atomic E-state index is -0.261. The van der Waals surface area contributed by atoms with Crippen LogP contribution in [0.15, 0.2) is 18.3 Å². The van der Waals surface area contributed by atoms with E-state index >= 15 is 0 Å². The molecule has 1 saturated carbocycles. The summed E-state index contributed by atoms with van der Waals surface area (Å²) in [4.78, 5) is 21.4. The Labute approximate surface area is 150 Å². The van der Waals surface area contributed by atoms with Crippen molar-refractivity contribution in [2.75, 3.05) is 5.32 Å². The molecule has 1 fully saturated rings. The van der Waals surface area contributed by atoms with Crippen LogP contribution in [0.1, 0.15) is 66.8 Å². The number of carbonyl (C=O) groups is 1. The Hall–Kier alpha value is -1.95. The maximum Gasteiger partial charge on any atom is 0.229 e. The molecule has 25 heavy (non-hydrogen) atoms. The molecular weight excluding hydrogens is 316 g/mol. The van der Waals surface area contributed by atoms with Crippen LogP contribution in [-0.4, -0.2) is 32.1 Å². The summed E-state index contributed by atoms with van der Waals surface area (Å²) in [6, 6.07) is 4.17. The van der Waals surface area contributed by atoms with Gasteiger partial charge < -0.3 is 4.74 Å². The van der Waals surface area contributed by atoms with E-state index in [1.54, 1.807) is 6.20 Å². The summed E-state index contributed by atoms with van der Waals surface area (Å²) in [7, 11) is 0. The van der Waals surface area contributed by atoms with E-state index in [4.69, 9.17) is 4.74 Å². The Bertz CT molecular complexity index is 729. The van der Waals surface area contributed by atoms with Gasteiger partial charge in [0, 0.05) is 12.2 Å². The van der Waals surface area contributed by atoms with Crippen molar-refractivity contribution in [1.82, 2.24) is 14.5 Å². The molecule has 1 atom stereocenters. The molecule has 0 aliphatic heterocycles. The van der Waals surface area contributed by atoms with Gasteiger partial charge in [0.2, 0.25) is 11.9 Å². The number of fused-ring (bicyclic) bond motifs is 1. The third-order valence-corrected chi connectivity index (χ3v) is 4.17. The lowest BCUT2D eigenvalue weighted by Crippen LogP contribution is -2.29. The smallest absolute Gasteiger partial charge is 0.229 e. The number of rotatable bonds is 5. The van der Waals surface area contributed by atoms with E-state index in [0.717, 1.165) is 24.0 Å². The number of pyridine rings is 1. The maximum absolute atomic E-state index is 12.4. The van der Waals surface area contributed by atoms with E-state index in [2.05, 4.69) is 19.9 Å². The molecule has 0 bridgehead atoms. The van der Waals surface area contributed by atoms with Crippen LogP contribution in [0.25, 0.3) is 11.2 Å². The zero-order chi connectivity index (χ0) is 17.3. The quantitative estimate of drug-likeness (QED) is 0.875. The molecule has 0 spiro atoms. The van der Waals surface area contributed by atoms with Gasteiger partial charge in [-0.05, 0) is 59.1 Å². The van der Waals surface area contributed by atoms with Crippen LogP contribution >= 0.6 is 0 Å². The highest BCUT2D eigenvalue weighted by molar-refractivity contribution is 5.91. The Morgan fingerprint density at radius 3 is 2.76 bits per heavy atom. The second-order valence-corrected chi connectivity index (χ2v) is 7.53. The molecular formula is C19H30N4O2. The fourth-order valence-electron chi connectivity index (χ4n) is 3.09. The minimum Gasteiger partial charge on any atom is -0.372 e. The first kappa shape index (κ1) is 19.4. The van der Waals surface area contributed by atoms with Crippen molar-refractivity contribution in [3.8, 4) is 0 Å². The second-order valence-electron chi connectivity index (χ2n) is 7.53. The van der Waals surface area contributed by atoms with Crippen molar-refractivity contribution in [2.24, 2.45) is 0 Å². The summed E-state index contributed by atoms with van der Waals surface area (Å²) < 4.78 is 7.89. The van der Waals surface area contributed by atoms with Gasteiger partial charge >= 0.3 is 0 Å². The zero-order valence-corrected chi connectivity index (χ0v) is 14.9. The van der Waals surface area contributed by atoms with E-state index in [-0.39, 0.29) is 25.0 Å². The third kappa shape index (κ3) is 4.57. The lowest BCUT2D eigenvalue weighted by atomic mass is 9.93. The van der Waals surface area contributed by atoms with E-state index in [9.17, 15) is 4.79 Å². The topological polar surface area (TPSA) is 69.0 Å². The molecule has 1 aliphatic carbocycles. The summed E-state index contributed by atoms with van der Waals surface area (Å²) in [5.74, 6) is 0.518. The van der Waals surface area contributed by atoms with Crippen molar-refractivity contribution in [2.45, 2.75) is 78.6 Å². The van der Waals surface area contributed by atoms with Gasteiger partial charge in [0.15, 0.2) is 5.65 Å². The van der Waals surface area contributed by atoms with E-state index in [1.807, 2.05) is 39.8 Å². The highest BCUT2D eigenvalue weighted by Crippen LogP contribution is 2.36. The van der Waals surface area contributed by atoms with Crippen molar-refractivity contribution in [3.63, 3.8) is 0 Å². The first-order valence-electron chi connectivity index (χ1n) is 8.64. The molecule has 0 saturated heterocycles. The number of carbonyl (C=O) groups excluding carboxylic acids is 1. The predicted molar refractivity (Wildman–Crippen MR) is 101 cm³/mol. The number of hydrogen-bond acceptors (Lipinski definition) is 4. The van der Waals surface area contributed by atoms with Gasteiger partial charge in [0.25, 0.3) is 0 Å². The molecule has 6 heteroatoms. The number of nitrogens with one attached hydrogen (secondary N) is 1. The Morgan fingerprint density at radius 1 is 1.44 bits per heavy atom. The number of aromatic nitrogens is 3. The molecule has 6 nitrogen and oxygen atoms in total. The Morgan fingerprint density at radius 2 is 2.16 bits per heavy atom. The molecule has 0 radical (unpaired) electrons. The number of imidazole rings is 1. The number of amides is 1. The van der Waals surface area contributed by atoms with Gasteiger partial charge in [-0.15, -0.1) is 0 Å². The third-order valence-electron chi connectivity index (χ3n) is 4.17. The molecule has 1 amide bonds. The summed E-state index contributed by atoms with van der Waals surface area (Å²) in [6.07, 6.45) is 5.34. The summed E-state index contributed by atoms with van der Waals surface area (Å²) in [6.45, 7) is 7.89. The number of ether oxygens (including phenoxy) is 1. The van der Waals surface area contributed by atoms with Crippen LogP contribution in [0, 0.1) is 0 Å². The van der Waals surface area contributed by atoms with Gasteiger partial charge in [-0.1, -0.05) is 7.43 Å². The van der Waals surface area contributed by atoms with Gasteiger partial charge in [0.05, 0.1) is 18.1 Å². The average molecular weight is 346 g/mol. The summed E-state index contributed by atoms with van der Waals surface area (Å²) in [5, 5.41) is 2.96. The molecule has 0 aromatic carbocycles. The van der Waals surface area contributed by atoms with E-state index in [0.29, 0.717) is 18.4 Å². The van der Waals surface area contributed by atoms with Crippen LogP contribution < -0.4 is 5.32 Å². The Balaban J connectivity index is 0.00000225. The minimum absolute atomic E-state index is 0. The van der Waals surface area contributed by atoms with Crippen LogP contribution in [0.2, 0.25) is 0 Å². The number of nitrogens with zero attached hydrogens (tertiary/aromatic N) is 3. The molecule has 0 unspecified atom stereocenters. The van der Waals surface area contributed by atoms with Crippen molar-refractivity contribution < 1.29 is 9.53 Å². The van der Waals surface area contributed by atoms with Crippen LogP contribution in [0.5, 0.6) is 0 Å². The molecule has 2 heterocycles. The summed E-state index contributed by atoms with van der Waals surface area (Å²) >= 11 is 0. The van der Waals surface area contributed by atoms with Crippen LogP contribution in [0.3, 0.4) is 0 Å². The predicted octanol–water partition coefficient (Wildman–Crippen LogP) is 4.32. The molecule has 2 aromatic heterocycles. The normalized spacial score (nSPS) is 16.2. The number of hydrogen-bond donors (Lipinski definition) is 1. The lowest BCUT2D eigenvalue weighted by molar-refractivity contribution is -0.121. The van der Waals surface area contributed by atoms with Crippen LogP contribution in [0.4, 0.5) is 5.95 Å². The van der Waals surface area contributed by atoms with E-state index in [1.165, 1.54) is 6.42 Å².